The number of nitrogens with one attached hydrogen (secondary N) is 2. The molecule has 0 aliphatic heterocycles. The fourth-order valence-corrected chi connectivity index (χ4v) is 1.98. The average molecular weight is 335 g/mol. The Bertz CT molecular complexity index is 602. The van der Waals surface area contributed by atoms with Crippen molar-refractivity contribution in [2.75, 3.05) is 6.61 Å². The van der Waals surface area contributed by atoms with Gasteiger partial charge in [-0.25, -0.2) is 4.98 Å². The number of rotatable bonds is 5. The van der Waals surface area contributed by atoms with E-state index in [1.54, 1.807) is 12.4 Å². The molecule has 0 aliphatic rings. The smallest absolute Gasteiger partial charge is 0.258 e. The maximum Gasteiger partial charge on any atom is 0.258 e. The van der Waals surface area contributed by atoms with Crippen molar-refractivity contribution in [1.29, 1.82) is 0 Å². The van der Waals surface area contributed by atoms with Crippen LogP contribution in [0.25, 0.3) is 0 Å². The molecule has 2 aromatic rings. The van der Waals surface area contributed by atoms with Gasteiger partial charge in [0, 0.05) is 18.5 Å². The number of carbonyl (C=O) groups excluding carboxylic acids is 1. The van der Waals surface area contributed by atoms with Crippen molar-refractivity contribution in [3.05, 3.63) is 45.4 Å². The van der Waals surface area contributed by atoms with Crippen molar-refractivity contribution in [1.82, 2.24) is 15.3 Å². The summed E-state index contributed by atoms with van der Waals surface area (Å²) in [6.45, 7) is 0.114. The second kappa shape index (κ2) is 6.83. The van der Waals surface area contributed by atoms with Crippen molar-refractivity contribution >= 4 is 40.7 Å². The Morgan fingerprint density at radius 2 is 2.00 bits per heavy atom. The van der Waals surface area contributed by atoms with Crippen LogP contribution in [0, 0.1) is 0 Å². The first kappa shape index (κ1) is 15.0. The van der Waals surface area contributed by atoms with Gasteiger partial charge in [0.2, 0.25) is 0 Å². The Hall–Kier alpha value is -1.43. The normalized spacial score (nSPS) is 10.3. The molecule has 0 atom stereocenters. The van der Waals surface area contributed by atoms with Crippen molar-refractivity contribution in [3.8, 4) is 5.75 Å². The highest BCUT2D eigenvalue weighted by Gasteiger charge is 2.09. The lowest BCUT2D eigenvalue weighted by atomic mass is 10.3. The molecule has 8 heteroatoms. The average Bonchev–Trinajstić information content (AvgIpc) is 2.92. The molecule has 1 aromatic heterocycles. The van der Waals surface area contributed by atoms with Crippen LogP contribution in [-0.2, 0) is 11.3 Å². The van der Waals surface area contributed by atoms with Gasteiger partial charge < -0.3 is 15.0 Å². The predicted molar refractivity (Wildman–Crippen MR) is 77.4 cm³/mol. The maximum atomic E-state index is 11.6. The molecule has 0 radical (unpaired) electrons. The van der Waals surface area contributed by atoms with Gasteiger partial charge in [0.1, 0.15) is 11.6 Å². The largest absolute Gasteiger partial charge is 0.482 e. The minimum atomic E-state index is -0.302. The van der Waals surface area contributed by atoms with E-state index in [-0.39, 0.29) is 12.5 Å². The van der Waals surface area contributed by atoms with Crippen LogP contribution in [0.5, 0.6) is 5.75 Å². The van der Waals surface area contributed by atoms with E-state index in [0.29, 0.717) is 33.2 Å². The van der Waals surface area contributed by atoms with E-state index in [4.69, 9.17) is 39.5 Å². The highest BCUT2D eigenvalue weighted by atomic mass is 35.5. The fraction of sp³-hybridized carbons (Fsp3) is 0.167. The third-order valence-corrected chi connectivity index (χ3v) is 3.36. The third kappa shape index (κ3) is 4.03. The summed E-state index contributed by atoms with van der Waals surface area (Å²) < 4.78 is 5.29. The van der Waals surface area contributed by atoms with Crippen LogP contribution in [0.2, 0.25) is 15.1 Å². The SMILES string of the molecule is O=C(COc1cc(Cl)c(Cl)cc1Cl)NCc1ncc[nH]1. The summed E-state index contributed by atoms with van der Waals surface area (Å²) in [5.41, 5.74) is 0. The molecule has 0 saturated carbocycles. The second-order valence-corrected chi connectivity index (χ2v) is 5.02. The number of halogens is 3. The Morgan fingerprint density at radius 1 is 1.25 bits per heavy atom. The van der Waals surface area contributed by atoms with Crippen LogP contribution in [0.1, 0.15) is 5.82 Å². The van der Waals surface area contributed by atoms with Gasteiger partial charge in [0.25, 0.3) is 5.91 Å². The molecule has 1 aromatic carbocycles. The summed E-state index contributed by atoms with van der Waals surface area (Å²) in [6.07, 6.45) is 3.28. The summed E-state index contributed by atoms with van der Waals surface area (Å²) >= 11 is 17.6. The Balaban J connectivity index is 1.85. The first-order chi connectivity index (χ1) is 9.56. The Morgan fingerprint density at radius 3 is 2.70 bits per heavy atom. The van der Waals surface area contributed by atoms with Crippen molar-refractivity contribution in [3.63, 3.8) is 0 Å². The number of H-pyrrole nitrogens is 1. The van der Waals surface area contributed by atoms with Gasteiger partial charge in [0.15, 0.2) is 6.61 Å². The number of hydrogen-bond donors (Lipinski definition) is 2. The van der Waals surface area contributed by atoms with Crippen LogP contribution in [0.3, 0.4) is 0 Å². The van der Waals surface area contributed by atoms with Gasteiger partial charge in [-0.15, -0.1) is 0 Å². The summed E-state index contributed by atoms with van der Waals surface area (Å²) in [5.74, 6) is 0.656. The summed E-state index contributed by atoms with van der Waals surface area (Å²) in [6, 6.07) is 2.92. The van der Waals surface area contributed by atoms with Gasteiger partial charge in [0.05, 0.1) is 21.6 Å². The quantitative estimate of drug-likeness (QED) is 0.826. The molecule has 0 saturated heterocycles. The zero-order chi connectivity index (χ0) is 14.5. The zero-order valence-corrected chi connectivity index (χ0v) is 12.4. The molecule has 2 rings (SSSR count). The highest BCUT2D eigenvalue weighted by Crippen LogP contribution is 2.33. The number of ether oxygens (including phenoxy) is 1. The van der Waals surface area contributed by atoms with E-state index in [1.165, 1.54) is 12.1 Å². The fourth-order valence-electron chi connectivity index (χ4n) is 1.39. The van der Waals surface area contributed by atoms with E-state index in [9.17, 15) is 4.79 Å². The predicted octanol–water partition coefficient (Wildman–Crippen LogP) is 3.07. The maximum absolute atomic E-state index is 11.6. The van der Waals surface area contributed by atoms with E-state index < -0.39 is 0 Å². The summed E-state index contributed by atoms with van der Waals surface area (Å²) in [7, 11) is 0. The molecule has 1 heterocycles. The number of carbonyl (C=O) groups is 1. The molecular formula is C12H10Cl3N3O2. The minimum Gasteiger partial charge on any atom is -0.482 e. The number of imidazole rings is 1. The minimum absolute atomic E-state index is 0.182. The molecule has 0 spiro atoms. The van der Waals surface area contributed by atoms with Crippen molar-refractivity contribution in [2.24, 2.45) is 0 Å². The Kier molecular flexibility index (Phi) is 5.11. The number of nitrogens with zero attached hydrogens (tertiary/aromatic N) is 1. The van der Waals surface area contributed by atoms with E-state index in [0.717, 1.165) is 0 Å². The molecule has 2 N–H and O–H groups in total. The number of aromatic amines is 1. The molecule has 0 fully saturated rings. The summed E-state index contributed by atoms with van der Waals surface area (Å²) in [5, 5.41) is 3.56. The summed E-state index contributed by atoms with van der Waals surface area (Å²) in [4.78, 5) is 18.4. The molecule has 5 nitrogen and oxygen atoms in total. The first-order valence-corrected chi connectivity index (χ1v) is 6.72. The number of amides is 1. The lowest BCUT2D eigenvalue weighted by molar-refractivity contribution is -0.123. The van der Waals surface area contributed by atoms with Crippen LogP contribution in [0.4, 0.5) is 0 Å². The standard InChI is InChI=1S/C12H10Cl3N3O2/c13-7-3-9(15)10(4-8(7)14)20-6-12(19)18-5-11-16-1-2-17-11/h1-4H,5-6H2,(H,16,17)(H,18,19). The van der Waals surface area contributed by atoms with E-state index in [1.807, 2.05) is 0 Å². The van der Waals surface area contributed by atoms with Gasteiger partial charge >= 0.3 is 0 Å². The van der Waals surface area contributed by atoms with E-state index >= 15 is 0 Å². The van der Waals surface area contributed by atoms with Crippen LogP contribution in [-0.4, -0.2) is 22.5 Å². The third-order valence-electron chi connectivity index (χ3n) is 2.34. The Labute approximate surface area is 130 Å². The number of benzene rings is 1. The van der Waals surface area contributed by atoms with Gasteiger partial charge in [-0.1, -0.05) is 34.8 Å². The van der Waals surface area contributed by atoms with Gasteiger partial charge in [-0.2, -0.15) is 0 Å². The molecule has 20 heavy (non-hydrogen) atoms. The molecule has 0 aliphatic carbocycles. The monoisotopic (exact) mass is 333 g/mol. The van der Waals surface area contributed by atoms with Gasteiger partial charge in [-0.3, -0.25) is 4.79 Å². The highest BCUT2D eigenvalue weighted by molar-refractivity contribution is 6.43. The van der Waals surface area contributed by atoms with Crippen molar-refractivity contribution in [2.45, 2.75) is 6.54 Å². The molecule has 0 unspecified atom stereocenters. The lowest BCUT2D eigenvalue weighted by Gasteiger charge is -2.09. The van der Waals surface area contributed by atoms with Gasteiger partial charge in [-0.05, 0) is 6.07 Å². The van der Waals surface area contributed by atoms with Crippen molar-refractivity contribution < 1.29 is 9.53 Å². The zero-order valence-electron chi connectivity index (χ0n) is 10.1. The van der Waals surface area contributed by atoms with Crippen LogP contribution < -0.4 is 10.1 Å². The number of hydrogen-bond acceptors (Lipinski definition) is 3. The first-order valence-electron chi connectivity index (χ1n) is 5.58. The van der Waals surface area contributed by atoms with Crippen LogP contribution in [0.15, 0.2) is 24.5 Å². The number of aromatic nitrogens is 2. The lowest BCUT2D eigenvalue weighted by Crippen LogP contribution is -2.28. The molecule has 106 valence electrons. The van der Waals surface area contributed by atoms with Crippen LogP contribution >= 0.6 is 34.8 Å². The van der Waals surface area contributed by atoms with E-state index in [2.05, 4.69) is 15.3 Å². The second-order valence-electron chi connectivity index (χ2n) is 3.80. The molecule has 0 bridgehead atoms. The topological polar surface area (TPSA) is 67.0 Å². The molecular weight excluding hydrogens is 325 g/mol. The molecule has 1 amide bonds.